The van der Waals surface area contributed by atoms with Crippen LogP contribution in [0.5, 0.6) is 0 Å². The molecule has 0 aliphatic rings. The number of fused-ring (bicyclic) bond motifs is 3. The second kappa shape index (κ2) is 6.11. The highest BCUT2D eigenvalue weighted by molar-refractivity contribution is 6.15. The van der Waals surface area contributed by atoms with Crippen molar-refractivity contribution in [3.05, 3.63) is 45.9 Å². The number of ether oxygens (including phenoxy) is 1. The van der Waals surface area contributed by atoms with Gasteiger partial charge in [0.2, 0.25) is 0 Å². The molecule has 0 radical (unpaired) electrons. The van der Waals surface area contributed by atoms with Crippen LogP contribution in [0.25, 0.3) is 21.8 Å². The first-order chi connectivity index (χ1) is 11.8. The zero-order valence-corrected chi connectivity index (χ0v) is 14.2. The summed E-state index contributed by atoms with van der Waals surface area (Å²) in [7, 11) is 0. The molecule has 0 saturated carbocycles. The molecule has 0 saturated heterocycles. The van der Waals surface area contributed by atoms with Gasteiger partial charge in [0.25, 0.3) is 5.56 Å². The second-order valence-corrected chi connectivity index (χ2v) is 6.20. The number of aliphatic hydroxyl groups is 1. The minimum absolute atomic E-state index is 0.245. The van der Waals surface area contributed by atoms with E-state index in [4.69, 9.17) is 4.74 Å². The number of esters is 1. The van der Waals surface area contributed by atoms with E-state index in [1.807, 2.05) is 0 Å². The fraction of sp³-hybridized carbons (Fsp3) is 0.263. The zero-order chi connectivity index (χ0) is 18.2. The highest BCUT2D eigenvalue weighted by Crippen LogP contribution is 2.26. The molecule has 2 aromatic heterocycles. The third-order valence-electron chi connectivity index (χ3n) is 3.65. The van der Waals surface area contributed by atoms with Crippen LogP contribution in [0.2, 0.25) is 0 Å². The molecule has 25 heavy (non-hydrogen) atoms. The number of nitrogens with one attached hydrogen (secondary N) is 2. The summed E-state index contributed by atoms with van der Waals surface area (Å²) >= 11 is 0. The molecule has 0 atom stereocenters. The van der Waals surface area contributed by atoms with Gasteiger partial charge in [-0.1, -0.05) is 11.8 Å². The van der Waals surface area contributed by atoms with Crippen LogP contribution >= 0.6 is 0 Å². The van der Waals surface area contributed by atoms with E-state index in [0.717, 1.165) is 0 Å². The number of H-pyrrole nitrogens is 2. The second-order valence-electron chi connectivity index (χ2n) is 6.20. The summed E-state index contributed by atoms with van der Waals surface area (Å²) in [6, 6.07) is 5.26. The number of rotatable bonds is 2. The van der Waals surface area contributed by atoms with Crippen molar-refractivity contribution in [1.29, 1.82) is 0 Å². The summed E-state index contributed by atoms with van der Waals surface area (Å²) in [5.41, 5.74) is 0.451. The van der Waals surface area contributed by atoms with Crippen molar-refractivity contribution in [1.82, 2.24) is 9.97 Å². The number of hydrogen-bond acceptors (Lipinski definition) is 4. The van der Waals surface area contributed by atoms with Gasteiger partial charge in [0.05, 0.1) is 12.2 Å². The fourth-order valence-electron chi connectivity index (χ4n) is 2.60. The largest absolute Gasteiger partial charge is 0.462 e. The molecule has 6 heteroatoms. The topological polar surface area (TPSA) is 95.2 Å². The molecule has 3 aromatic rings. The van der Waals surface area contributed by atoms with Gasteiger partial charge in [-0.05, 0) is 39.0 Å². The van der Waals surface area contributed by atoms with Crippen molar-refractivity contribution in [2.24, 2.45) is 0 Å². The smallest absolute Gasteiger partial charge is 0.340 e. The lowest BCUT2D eigenvalue weighted by atomic mass is 10.0. The Hall–Kier alpha value is -3.04. The van der Waals surface area contributed by atoms with E-state index in [2.05, 4.69) is 21.8 Å². The highest BCUT2D eigenvalue weighted by atomic mass is 16.5. The van der Waals surface area contributed by atoms with Crippen molar-refractivity contribution in [3.8, 4) is 11.8 Å². The molecule has 3 N–H and O–H groups in total. The number of hydrogen-bond donors (Lipinski definition) is 3. The lowest BCUT2D eigenvalue weighted by Gasteiger charge is -2.07. The van der Waals surface area contributed by atoms with Crippen LogP contribution in [0.15, 0.2) is 29.2 Å². The van der Waals surface area contributed by atoms with Crippen molar-refractivity contribution in [2.75, 3.05) is 6.61 Å². The molecule has 128 valence electrons. The van der Waals surface area contributed by atoms with Gasteiger partial charge in [-0.3, -0.25) is 4.79 Å². The molecule has 1 aromatic carbocycles. The van der Waals surface area contributed by atoms with E-state index < -0.39 is 11.6 Å². The molecule has 0 fully saturated rings. The maximum Gasteiger partial charge on any atom is 0.340 e. The Labute approximate surface area is 143 Å². The van der Waals surface area contributed by atoms with Crippen molar-refractivity contribution in [3.63, 3.8) is 0 Å². The number of benzene rings is 1. The third-order valence-corrected chi connectivity index (χ3v) is 3.65. The molecule has 0 aliphatic carbocycles. The summed E-state index contributed by atoms with van der Waals surface area (Å²) in [6.07, 6.45) is 1.48. The van der Waals surface area contributed by atoms with Crippen LogP contribution in [0.3, 0.4) is 0 Å². The molecule has 0 aliphatic heterocycles. The first kappa shape index (κ1) is 16.8. The SMILES string of the molecule is CCOC(=O)c1c[nH]c2c(=O)[nH]c3ccc(C#CC(C)(C)O)cc3c12. The Morgan fingerprint density at radius 2 is 2.12 bits per heavy atom. The van der Waals surface area contributed by atoms with Gasteiger partial charge < -0.3 is 19.8 Å². The van der Waals surface area contributed by atoms with E-state index in [0.29, 0.717) is 32.9 Å². The number of carbonyl (C=O) groups is 1. The van der Waals surface area contributed by atoms with Gasteiger partial charge in [0.15, 0.2) is 0 Å². The molecule has 0 bridgehead atoms. The number of pyridine rings is 1. The molecule has 3 rings (SSSR count). The van der Waals surface area contributed by atoms with E-state index in [1.165, 1.54) is 6.20 Å². The lowest BCUT2D eigenvalue weighted by Crippen LogP contribution is -2.14. The Bertz CT molecular complexity index is 1090. The van der Waals surface area contributed by atoms with Gasteiger partial charge in [-0.15, -0.1) is 0 Å². The minimum atomic E-state index is -1.11. The quantitative estimate of drug-likeness (QED) is 0.493. The fourth-order valence-corrected chi connectivity index (χ4v) is 2.60. The summed E-state index contributed by atoms with van der Waals surface area (Å²) in [6.45, 7) is 5.17. The van der Waals surface area contributed by atoms with E-state index in [1.54, 1.807) is 39.0 Å². The highest BCUT2D eigenvalue weighted by Gasteiger charge is 2.18. The summed E-state index contributed by atoms with van der Waals surface area (Å²) < 4.78 is 5.07. The van der Waals surface area contributed by atoms with Gasteiger partial charge in [-0.25, -0.2) is 4.79 Å². The molecule has 0 spiro atoms. The maximum atomic E-state index is 12.2. The van der Waals surface area contributed by atoms with E-state index in [-0.39, 0.29) is 12.2 Å². The predicted molar refractivity (Wildman–Crippen MR) is 95.6 cm³/mol. The molecule has 6 nitrogen and oxygen atoms in total. The van der Waals surface area contributed by atoms with Gasteiger partial charge in [-0.2, -0.15) is 0 Å². The van der Waals surface area contributed by atoms with Crippen LogP contribution in [0.4, 0.5) is 0 Å². The first-order valence-electron chi connectivity index (χ1n) is 7.90. The molecular formula is C19H18N2O4. The van der Waals surface area contributed by atoms with Crippen LogP contribution in [0.1, 0.15) is 36.7 Å². The van der Waals surface area contributed by atoms with E-state index >= 15 is 0 Å². The van der Waals surface area contributed by atoms with Crippen LogP contribution in [-0.4, -0.2) is 33.3 Å². The maximum absolute atomic E-state index is 12.2. The van der Waals surface area contributed by atoms with Gasteiger partial charge >= 0.3 is 5.97 Å². The molecule has 0 unspecified atom stereocenters. The normalized spacial score (nSPS) is 11.4. The van der Waals surface area contributed by atoms with Crippen molar-refractivity contribution >= 4 is 27.8 Å². The summed E-state index contributed by atoms with van der Waals surface area (Å²) in [5, 5.41) is 10.9. The molecule has 2 heterocycles. The zero-order valence-electron chi connectivity index (χ0n) is 14.2. The Balaban J connectivity index is 2.30. The summed E-state index contributed by atoms with van der Waals surface area (Å²) in [5.74, 6) is 5.16. The van der Waals surface area contributed by atoms with Gasteiger partial charge in [0.1, 0.15) is 11.1 Å². The molecular weight excluding hydrogens is 320 g/mol. The van der Waals surface area contributed by atoms with Crippen LogP contribution in [0, 0.1) is 11.8 Å². The number of carbonyl (C=O) groups excluding carboxylic acids is 1. The summed E-state index contributed by atoms with van der Waals surface area (Å²) in [4.78, 5) is 30.1. The third kappa shape index (κ3) is 3.28. The predicted octanol–water partition coefficient (Wildman–Crippen LogP) is 2.31. The first-order valence-corrected chi connectivity index (χ1v) is 7.90. The number of aromatic nitrogens is 2. The Kier molecular flexibility index (Phi) is 4.11. The Morgan fingerprint density at radius 3 is 2.80 bits per heavy atom. The molecule has 0 amide bonds. The van der Waals surface area contributed by atoms with Crippen LogP contribution in [-0.2, 0) is 4.74 Å². The van der Waals surface area contributed by atoms with Gasteiger partial charge in [0, 0.05) is 28.0 Å². The van der Waals surface area contributed by atoms with Crippen molar-refractivity contribution in [2.45, 2.75) is 26.4 Å². The lowest BCUT2D eigenvalue weighted by molar-refractivity contribution is 0.0529. The Morgan fingerprint density at radius 1 is 1.36 bits per heavy atom. The average Bonchev–Trinajstić information content (AvgIpc) is 2.99. The number of aromatic amines is 2. The minimum Gasteiger partial charge on any atom is -0.462 e. The average molecular weight is 338 g/mol. The van der Waals surface area contributed by atoms with E-state index in [9.17, 15) is 14.7 Å². The van der Waals surface area contributed by atoms with Crippen LogP contribution < -0.4 is 5.56 Å². The standard InChI is InChI=1S/C19H18N2O4/c1-4-25-18(23)13-10-20-16-15(13)12-9-11(7-8-19(2,3)24)5-6-14(12)21-17(16)22/h5-6,9-10,20,24H,4H2,1-3H3,(H,21,22). The van der Waals surface area contributed by atoms with Crippen molar-refractivity contribution < 1.29 is 14.6 Å². The monoisotopic (exact) mass is 338 g/mol.